The highest BCUT2D eigenvalue weighted by Crippen LogP contribution is 2.05. The van der Waals surface area contributed by atoms with Crippen LogP contribution < -0.4 is 11.1 Å². The maximum absolute atomic E-state index is 11.6. The summed E-state index contributed by atoms with van der Waals surface area (Å²) < 4.78 is 0. The van der Waals surface area contributed by atoms with Crippen LogP contribution in [0.1, 0.15) is 17.5 Å². The highest BCUT2D eigenvalue weighted by molar-refractivity contribution is 5.95. The number of hydrogen-bond donors (Lipinski definition) is 3. The van der Waals surface area contributed by atoms with E-state index in [2.05, 4.69) is 5.32 Å². The molecule has 0 fully saturated rings. The third-order valence-corrected chi connectivity index (χ3v) is 2.49. The fourth-order valence-electron chi connectivity index (χ4n) is 1.46. The van der Waals surface area contributed by atoms with E-state index in [1.165, 1.54) is 6.08 Å². The van der Waals surface area contributed by atoms with E-state index < -0.39 is 30.2 Å². The molecule has 0 aromatic heterocycles. The lowest BCUT2D eigenvalue weighted by atomic mass is 10.1. The molecule has 0 saturated carbocycles. The van der Waals surface area contributed by atoms with Crippen LogP contribution in [0.3, 0.4) is 0 Å². The average molecular weight is 287 g/mol. The molecule has 0 aliphatic heterocycles. The molecule has 0 spiro atoms. The smallest absolute Gasteiger partial charge is 0.326 e. The Bertz CT molecular complexity index is 614. The molecule has 7 nitrogen and oxygen atoms in total. The first kappa shape index (κ1) is 15.9. The molecule has 21 heavy (non-hydrogen) atoms. The maximum atomic E-state index is 11.6. The number of hydrogen-bond acceptors (Lipinski definition) is 4. The van der Waals surface area contributed by atoms with E-state index in [-0.39, 0.29) is 0 Å². The first-order valence-corrected chi connectivity index (χ1v) is 5.92. The normalized spacial score (nSPS) is 11.6. The van der Waals surface area contributed by atoms with Gasteiger partial charge in [-0.25, -0.2) is 4.79 Å². The largest absolute Gasteiger partial charge is 0.480 e. The predicted molar refractivity (Wildman–Crippen MR) is 73.6 cm³/mol. The Morgan fingerprint density at radius 1 is 1.33 bits per heavy atom. The van der Waals surface area contributed by atoms with Crippen molar-refractivity contribution in [3.8, 4) is 6.07 Å². The molecular formula is C14H13N3O4. The molecule has 1 aromatic rings. The average Bonchev–Trinajstić information content (AvgIpc) is 2.44. The van der Waals surface area contributed by atoms with Crippen LogP contribution in [-0.4, -0.2) is 28.9 Å². The zero-order valence-corrected chi connectivity index (χ0v) is 10.9. The van der Waals surface area contributed by atoms with Crippen molar-refractivity contribution < 1.29 is 19.5 Å². The van der Waals surface area contributed by atoms with Gasteiger partial charge in [-0.3, -0.25) is 9.59 Å². The van der Waals surface area contributed by atoms with Crippen molar-refractivity contribution in [2.24, 2.45) is 5.73 Å². The van der Waals surface area contributed by atoms with Gasteiger partial charge in [0, 0.05) is 6.08 Å². The molecule has 0 saturated heterocycles. The first-order valence-electron chi connectivity index (χ1n) is 5.92. The van der Waals surface area contributed by atoms with Gasteiger partial charge in [-0.2, -0.15) is 5.26 Å². The molecule has 0 bridgehead atoms. The Morgan fingerprint density at radius 2 is 1.95 bits per heavy atom. The number of nitriles is 1. The van der Waals surface area contributed by atoms with Crippen molar-refractivity contribution in [2.75, 3.05) is 0 Å². The molecule has 0 unspecified atom stereocenters. The predicted octanol–water partition coefficient (Wildman–Crippen LogP) is 0.0163. The lowest BCUT2D eigenvalue weighted by molar-refractivity contribution is -0.142. The van der Waals surface area contributed by atoms with Crippen molar-refractivity contribution in [1.29, 1.82) is 5.26 Å². The van der Waals surface area contributed by atoms with Crippen molar-refractivity contribution in [3.05, 3.63) is 41.5 Å². The quantitative estimate of drug-likeness (QED) is 0.634. The van der Waals surface area contributed by atoms with E-state index in [0.717, 1.165) is 6.08 Å². The van der Waals surface area contributed by atoms with E-state index in [1.807, 2.05) is 6.07 Å². The summed E-state index contributed by atoms with van der Waals surface area (Å²) >= 11 is 0. The van der Waals surface area contributed by atoms with Crippen molar-refractivity contribution >= 4 is 23.9 Å². The Kier molecular flexibility index (Phi) is 5.65. The van der Waals surface area contributed by atoms with Crippen molar-refractivity contribution in [3.63, 3.8) is 0 Å². The third-order valence-electron chi connectivity index (χ3n) is 2.49. The second-order valence-corrected chi connectivity index (χ2v) is 4.14. The van der Waals surface area contributed by atoms with Crippen LogP contribution in [0.5, 0.6) is 0 Å². The summed E-state index contributed by atoms with van der Waals surface area (Å²) in [7, 11) is 0. The van der Waals surface area contributed by atoms with Gasteiger partial charge in [-0.05, 0) is 23.8 Å². The summed E-state index contributed by atoms with van der Waals surface area (Å²) in [5.41, 5.74) is 6.06. The molecule has 0 aliphatic rings. The second kappa shape index (κ2) is 7.45. The SMILES string of the molecule is N#Cc1ccc(/C=C/C(=O)N[C@H](CC(N)=O)C(=O)O)cc1. The molecule has 0 radical (unpaired) electrons. The summed E-state index contributed by atoms with van der Waals surface area (Å²) in [6, 6.07) is 7.06. The number of nitrogens with zero attached hydrogens (tertiary/aromatic N) is 1. The van der Waals surface area contributed by atoms with Gasteiger partial charge in [0.15, 0.2) is 0 Å². The summed E-state index contributed by atoms with van der Waals surface area (Å²) in [4.78, 5) is 33.1. The third kappa shape index (κ3) is 5.57. The minimum absolute atomic E-state index is 0.480. The minimum atomic E-state index is -1.36. The summed E-state index contributed by atoms with van der Waals surface area (Å²) in [5, 5.41) is 19.6. The van der Waals surface area contributed by atoms with Crippen LogP contribution in [-0.2, 0) is 14.4 Å². The number of nitrogens with two attached hydrogens (primary N) is 1. The number of nitrogens with one attached hydrogen (secondary N) is 1. The fourth-order valence-corrected chi connectivity index (χ4v) is 1.46. The number of amides is 2. The molecule has 4 N–H and O–H groups in total. The number of carboxylic acids is 1. The van der Waals surface area contributed by atoms with E-state index >= 15 is 0 Å². The topological polar surface area (TPSA) is 133 Å². The number of carbonyl (C=O) groups excluding carboxylic acids is 2. The van der Waals surface area contributed by atoms with Crippen LogP contribution in [0.15, 0.2) is 30.3 Å². The number of benzene rings is 1. The number of aliphatic carboxylic acids is 1. The number of rotatable bonds is 6. The lowest BCUT2D eigenvalue weighted by Crippen LogP contribution is -2.42. The van der Waals surface area contributed by atoms with Crippen LogP contribution in [0, 0.1) is 11.3 Å². The van der Waals surface area contributed by atoms with Gasteiger partial charge in [0.2, 0.25) is 11.8 Å². The van der Waals surface area contributed by atoms with Gasteiger partial charge in [-0.15, -0.1) is 0 Å². The Balaban J connectivity index is 2.66. The van der Waals surface area contributed by atoms with Gasteiger partial charge in [0.1, 0.15) is 6.04 Å². The zero-order chi connectivity index (χ0) is 15.8. The van der Waals surface area contributed by atoms with Crippen LogP contribution in [0.4, 0.5) is 0 Å². The molecule has 7 heteroatoms. The van der Waals surface area contributed by atoms with E-state index in [0.29, 0.717) is 11.1 Å². The molecule has 1 rings (SSSR count). The first-order chi connectivity index (χ1) is 9.92. The zero-order valence-electron chi connectivity index (χ0n) is 10.9. The number of carboxylic acid groups (broad SMARTS) is 1. The molecule has 0 heterocycles. The Morgan fingerprint density at radius 3 is 2.43 bits per heavy atom. The summed E-state index contributed by atoms with van der Waals surface area (Å²) in [6.07, 6.45) is 2.11. The summed E-state index contributed by atoms with van der Waals surface area (Å²) in [6.45, 7) is 0. The minimum Gasteiger partial charge on any atom is -0.480 e. The molecule has 1 atom stereocenters. The lowest BCUT2D eigenvalue weighted by Gasteiger charge is -2.10. The van der Waals surface area contributed by atoms with Crippen molar-refractivity contribution in [1.82, 2.24) is 5.32 Å². The van der Waals surface area contributed by atoms with Gasteiger partial charge in [0.05, 0.1) is 18.1 Å². The Labute approximate surface area is 120 Å². The van der Waals surface area contributed by atoms with Crippen LogP contribution in [0.25, 0.3) is 6.08 Å². The van der Waals surface area contributed by atoms with Crippen LogP contribution in [0.2, 0.25) is 0 Å². The number of primary amides is 1. The molecule has 1 aromatic carbocycles. The monoisotopic (exact) mass is 287 g/mol. The van der Waals surface area contributed by atoms with Gasteiger partial charge >= 0.3 is 5.97 Å². The maximum Gasteiger partial charge on any atom is 0.326 e. The fraction of sp³-hybridized carbons (Fsp3) is 0.143. The van der Waals surface area contributed by atoms with Crippen LogP contribution >= 0.6 is 0 Å². The van der Waals surface area contributed by atoms with E-state index in [1.54, 1.807) is 24.3 Å². The molecular weight excluding hydrogens is 274 g/mol. The van der Waals surface area contributed by atoms with Crippen molar-refractivity contribution in [2.45, 2.75) is 12.5 Å². The Hall–Kier alpha value is -3.14. The summed E-state index contributed by atoms with van der Waals surface area (Å²) in [5.74, 6) is -2.82. The standard InChI is InChI=1S/C14H13N3O4/c15-8-10-3-1-9(2-4-10)5-6-13(19)17-11(14(20)21)7-12(16)18/h1-6,11H,7H2,(H2,16,18)(H,17,19)(H,20,21)/b6-5+/t11-/m1/s1. The molecule has 2 amide bonds. The van der Waals surface area contributed by atoms with E-state index in [4.69, 9.17) is 16.1 Å². The highest BCUT2D eigenvalue weighted by Gasteiger charge is 2.20. The second-order valence-electron chi connectivity index (χ2n) is 4.14. The van der Waals surface area contributed by atoms with Gasteiger partial charge in [-0.1, -0.05) is 12.1 Å². The van der Waals surface area contributed by atoms with Gasteiger partial charge < -0.3 is 16.2 Å². The van der Waals surface area contributed by atoms with Gasteiger partial charge in [0.25, 0.3) is 0 Å². The molecule has 0 aliphatic carbocycles. The highest BCUT2D eigenvalue weighted by atomic mass is 16.4. The number of carbonyl (C=O) groups is 3. The molecule has 108 valence electrons. The van der Waals surface area contributed by atoms with E-state index in [9.17, 15) is 14.4 Å².